The highest BCUT2D eigenvalue weighted by atomic mass is 32.1. The van der Waals surface area contributed by atoms with Gasteiger partial charge in [0.25, 0.3) is 0 Å². The number of rotatable bonds is 0. The predicted molar refractivity (Wildman–Crippen MR) is 54.5 cm³/mol. The van der Waals surface area contributed by atoms with Gasteiger partial charge in [0, 0.05) is 10.6 Å². The van der Waals surface area contributed by atoms with Gasteiger partial charge in [0.1, 0.15) is 0 Å². The zero-order chi connectivity index (χ0) is 8.69. The Morgan fingerprint density at radius 1 is 1.45 bits per heavy atom. The minimum Gasteiger partial charge on any atom is -0.401 e. The molecule has 0 heterocycles. The second-order valence-electron chi connectivity index (χ2n) is 2.59. The number of thiol groups is 1. The molecule has 0 aromatic carbocycles. The maximum atomic E-state index is 5.58. The third kappa shape index (κ3) is 4.96. The van der Waals surface area contributed by atoms with E-state index >= 15 is 0 Å². The van der Waals surface area contributed by atoms with Crippen LogP contribution < -0.4 is 5.73 Å². The van der Waals surface area contributed by atoms with E-state index in [1.165, 1.54) is 12.8 Å². The second-order valence-corrected chi connectivity index (χ2v) is 3.13. The summed E-state index contributed by atoms with van der Waals surface area (Å²) in [7, 11) is 0. The third-order valence-electron chi connectivity index (χ3n) is 1.48. The van der Waals surface area contributed by atoms with Gasteiger partial charge in [0.05, 0.1) is 0 Å². The first-order valence-corrected chi connectivity index (χ1v) is 4.40. The van der Waals surface area contributed by atoms with Crippen molar-refractivity contribution in [2.24, 2.45) is 5.73 Å². The van der Waals surface area contributed by atoms with Crippen molar-refractivity contribution in [3.63, 3.8) is 0 Å². The minimum atomic E-state index is 1.000. The lowest BCUT2D eigenvalue weighted by Crippen LogP contribution is -2.03. The SMILES string of the molecule is C=CC.NC1=C(S)CCCC1. The van der Waals surface area contributed by atoms with Crippen molar-refractivity contribution in [3.8, 4) is 0 Å². The normalized spacial score (nSPS) is 16.9. The van der Waals surface area contributed by atoms with Crippen LogP contribution in [0.4, 0.5) is 0 Å². The first kappa shape index (κ1) is 10.6. The van der Waals surface area contributed by atoms with E-state index in [0.717, 1.165) is 23.4 Å². The van der Waals surface area contributed by atoms with Crippen molar-refractivity contribution < 1.29 is 0 Å². The highest BCUT2D eigenvalue weighted by Crippen LogP contribution is 2.23. The summed E-state index contributed by atoms with van der Waals surface area (Å²) in [6.07, 6.45) is 6.41. The molecule has 1 aliphatic rings. The molecule has 1 aliphatic carbocycles. The molecule has 0 saturated heterocycles. The quantitative estimate of drug-likeness (QED) is 0.425. The Balaban J connectivity index is 0.000000292. The first-order chi connectivity index (χ1) is 5.22. The van der Waals surface area contributed by atoms with Gasteiger partial charge < -0.3 is 5.73 Å². The summed E-state index contributed by atoms with van der Waals surface area (Å²) in [6, 6.07) is 0. The van der Waals surface area contributed by atoms with Gasteiger partial charge in [-0.2, -0.15) is 0 Å². The van der Waals surface area contributed by atoms with Crippen LogP contribution in [0.15, 0.2) is 23.3 Å². The third-order valence-corrected chi connectivity index (χ3v) is 1.99. The number of hydrogen-bond acceptors (Lipinski definition) is 2. The molecule has 1 rings (SSSR count). The molecule has 0 saturated carbocycles. The molecule has 0 atom stereocenters. The zero-order valence-electron chi connectivity index (χ0n) is 7.14. The molecular formula is C9H17NS. The van der Waals surface area contributed by atoms with E-state index in [0.29, 0.717) is 0 Å². The van der Waals surface area contributed by atoms with Gasteiger partial charge in [0.2, 0.25) is 0 Å². The van der Waals surface area contributed by atoms with Gasteiger partial charge in [0.15, 0.2) is 0 Å². The van der Waals surface area contributed by atoms with E-state index in [-0.39, 0.29) is 0 Å². The summed E-state index contributed by atoms with van der Waals surface area (Å²) in [5, 5.41) is 0. The zero-order valence-corrected chi connectivity index (χ0v) is 8.03. The van der Waals surface area contributed by atoms with Gasteiger partial charge in [-0.3, -0.25) is 0 Å². The van der Waals surface area contributed by atoms with Crippen LogP contribution in [0.3, 0.4) is 0 Å². The summed E-state index contributed by atoms with van der Waals surface area (Å²) >= 11 is 4.21. The van der Waals surface area contributed by atoms with Crippen LogP contribution in [0.2, 0.25) is 0 Å². The summed E-state index contributed by atoms with van der Waals surface area (Å²) < 4.78 is 0. The molecule has 2 N–H and O–H groups in total. The van der Waals surface area contributed by atoms with Crippen LogP contribution >= 0.6 is 12.6 Å². The predicted octanol–water partition coefficient (Wildman–Crippen LogP) is 2.85. The Labute approximate surface area is 74.8 Å². The Morgan fingerprint density at radius 2 is 1.91 bits per heavy atom. The smallest absolute Gasteiger partial charge is 0.0174 e. The van der Waals surface area contributed by atoms with Crippen molar-refractivity contribution >= 4 is 12.6 Å². The Morgan fingerprint density at radius 3 is 2.18 bits per heavy atom. The summed E-state index contributed by atoms with van der Waals surface area (Å²) in [6.45, 7) is 5.25. The molecule has 0 aliphatic heterocycles. The summed E-state index contributed by atoms with van der Waals surface area (Å²) in [5.74, 6) is 0. The molecular weight excluding hydrogens is 154 g/mol. The van der Waals surface area contributed by atoms with Gasteiger partial charge in [-0.25, -0.2) is 0 Å². The lowest BCUT2D eigenvalue weighted by atomic mass is 10.1. The molecule has 1 nitrogen and oxygen atoms in total. The largest absolute Gasteiger partial charge is 0.401 e. The van der Waals surface area contributed by atoms with Crippen LogP contribution in [0, 0.1) is 0 Å². The van der Waals surface area contributed by atoms with Gasteiger partial charge >= 0.3 is 0 Å². The van der Waals surface area contributed by atoms with Gasteiger partial charge in [-0.15, -0.1) is 19.2 Å². The second kappa shape index (κ2) is 6.35. The van der Waals surface area contributed by atoms with Crippen molar-refractivity contribution in [1.29, 1.82) is 0 Å². The van der Waals surface area contributed by atoms with Crippen molar-refractivity contribution in [3.05, 3.63) is 23.3 Å². The fraction of sp³-hybridized carbons (Fsp3) is 0.556. The highest BCUT2D eigenvalue weighted by molar-refractivity contribution is 7.84. The highest BCUT2D eigenvalue weighted by Gasteiger charge is 2.04. The van der Waals surface area contributed by atoms with E-state index in [9.17, 15) is 0 Å². The van der Waals surface area contributed by atoms with Crippen molar-refractivity contribution in [1.82, 2.24) is 0 Å². The molecule has 0 bridgehead atoms. The molecule has 0 aromatic rings. The molecule has 0 aromatic heterocycles. The van der Waals surface area contributed by atoms with Gasteiger partial charge in [-0.05, 0) is 32.6 Å². The number of allylic oxidation sites excluding steroid dienone is 3. The summed E-state index contributed by atoms with van der Waals surface area (Å²) in [4.78, 5) is 1.11. The average Bonchev–Trinajstić information content (AvgIpc) is 1.97. The molecule has 2 heteroatoms. The number of hydrogen-bond donors (Lipinski definition) is 2. The fourth-order valence-corrected chi connectivity index (χ4v) is 1.18. The van der Waals surface area contributed by atoms with E-state index in [2.05, 4.69) is 19.2 Å². The Kier molecular flexibility index (Phi) is 6.13. The van der Waals surface area contributed by atoms with Crippen molar-refractivity contribution in [2.75, 3.05) is 0 Å². The molecule has 0 amide bonds. The average molecular weight is 171 g/mol. The van der Waals surface area contributed by atoms with Gasteiger partial charge in [-0.1, -0.05) is 6.08 Å². The van der Waals surface area contributed by atoms with Crippen LogP contribution in [0.1, 0.15) is 32.6 Å². The topological polar surface area (TPSA) is 26.0 Å². The first-order valence-electron chi connectivity index (χ1n) is 3.95. The molecule has 0 spiro atoms. The molecule has 0 unspecified atom stereocenters. The Hall–Kier alpha value is -0.370. The number of nitrogens with two attached hydrogens (primary N) is 1. The molecule has 11 heavy (non-hydrogen) atoms. The summed E-state index contributed by atoms with van der Waals surface area (Å²) in [5.41, 5.74) is 6.58. The Bertz CT molecular complexity index is 136. The van der Waals surface area contributed by atoms with Crippen LogP contribution in [0.25, 0.3) is 0 Å². The van der Waals surface area contributed by atoms with Crippen LogP contribution in [0.5, 0.6) is 0 Å². The van der Waals surface area contributed by atoms with E-state index < -0.39 is 0 Å². The monoisotopic (exact) mass is 171 g/mol. The molecule has 64 valence electrons. The fourth-order valence-electron chi connectivity index (χ4n) is 0.913. The van der Waals surface area contributed by atoms with E-state index in [1.807, 2.05) is 6.92 Å². The standard InChI is InChI=1S/C6H11NS.C3H6/c7-5-3-1-2-4-6(5)8;1-3-2/h8H,1-4,7H2;3H,1H2,2H3. The maximum absolute atomic E-state index is 5.58. The molecule has 0 fully saturated rings. The molecule has 0 radical (unpaired) electrons. The lowest BCUT2D eigenvalue weighted by Gasteiger charge is -2.11. The minimum absolute atomic E-state index is 1.000. The van der Waals surface area contributed by atoms with Crippen molar-refractivity contribution in [2.45, 2.75) is 32.6 Å². The lowest BCUT2D eigenvalue weighted by molar-refractivity contribution is 0.689. The van der Waals surface area contributed by atoms with Crippen LogP contribution in [-0.2, 0) is 0 Å². The van der Waals surface area contributed by atoms with E-state index in [4.69, 9.17) is 5.73 Å². The maximum Gasteiger partial charge on any atom is 0.0174 e. The van der Waals surface area contributed by atoms with E-state index in [1.54, 1.807) is 6.08 Å². The van der Waals surface area contributed by atoms with Crippen LogP contribution in [-0.4, -0.2) is 0 Å².